The van der Waals surface area contributed by atoms with Crippen LogP contribution in [-0.4, -0.2) is 73.3 Å². The highest BCUT2D eigenvalue weighted by Crippen LogP contribution is 2.28. The molecule has 7 nitrogen and oxygen atoms in total. The molecule has 8 heteroatoms. The Hall–Kier alpha value is -2.74. The van der Waals surface area contributed by atoms with Crippen LogP contribution in [0.15, 0.2) is 48.5 Å². The second-order valence-corrected chi connectivity index (χ2v) is 7.90. The number of carbonyl (C=O) groups excluding carboxylic acids is 3. The van der Waals surface area contributed by atoms with E-state index in [0.717, 1.165) is 26.2 Å². The molecule has 2 aromatic carbocycles. The number of ketones is 1. The van der Waals surface area contributed by atoms with Crippen molar-refractivity contribution in [3.63, 3.8) is 0 Å². The van der Waals surface area contributed by atoms with Gasteiger partial charge in [0, 0.05) is 36.8 Å². The highest BCUT2D eigenvalue weighted by atomic mass is 35.5. The molecule has 156 valence electrons. The summed E-state index contributed by atoms with van der Waals surface area (Å²) in [5, 5.41) is 3.80. The van der Waals surface area contributed by atoms with E-state index in [4.69, 9.17) is 11.6 Å². The Labute approximate surface area is 180 Å². The molecule has 0 saturated carbocycles. The summed E-state index contributed by atoms with van der Waals surface area (Å²) >= 11 is 5.94. The maximum Gasteiger partial charge on any atom is 0.259 e. The first-order chi connectivity index (χ1) is 14.5. The minimum Gasteiger partial charge on any atom is -0.314 e. The zero-order chi connectivity index (χ0) is 21.1. The fourth-order valence-electron chi connectivity index (χ4n) is 3.80. The van der Waals surface area contributed by atoms with Crippen LogP contribution in [0, 0.1) is 0 Å². The van der Waals surface area contributed by atoms with Gasteiger partial charge in [0.15, 0.2) is 5.78 Å². The van der Waals surface area contributed by atoms with Crippen LogP contribution in [0.3, 0.4) is 0 Å². The first-order valence-electron chi connectivity index (χ1n) is 9.93. The maximum absolute atomic E-state index is 13.2. The number of hydrogen-bond acceptors (Lipinski definition) is 5. The van der Waals surface area contributed by atoms with Gasteiger partial charge >= 0.3 is 0 Å². The molecule has 0 bridgehead atoms. The van der Waals surface area contributed by atoms with E-state index in [-0.39, 0.29) is 30.8 Å². The van der Waals surface area contributed by atoms with Crippen molar-refractivity contribution in [2.24, 2.45) is 0 Å². The van der Waals surface area contributed by atoms with E-state index in [9.17, 15) is 14.4 Å². The highest BCUT2D eigenvalue weighted by molar-refractivity contribution is 6.30. The number of halogens is 1. The van der Waals surface area contributed by atoms with E-state index in [1.54, 1.807) is 48.5 Å². The molecule has 4 rings (SSSR count). The van der Waals surface area contributed by atoms with Crippen molar-refractivity contribution >= 4 is 34.9 Å². The van der Waals surface area contributed by atoms with Gasteiger partial charge in [-0.3, -0.25) is 24.2 Å². The van der Waals surface area contributed by atoms with Gasteiger partial charge in [-0.25, -0.2) is 0 Å². The maximum atomic E-state index is 13.2. The Bertz CT molecular complexity index is 957. The molecule has 0 aromatic heterocycles. The summed E-state index contributed by atoms with van der Waals surface area (Å²) in [5.74, 6) is -0.519. The van der Waals surface area contributed by atoms with Gasteiger partial charge in [0.1, 0.15) is 6.67 Å². The van der Waals surface area contributed by atoms with Crippen LogP contribution in [0.25, 0.3) is 0 Å². The number of rotatable bonds is 5. The average Bonchev–Trinajstić information content (AvgIpc) is 2.76. The standard InChI is InChI=1S/C22H23ClN4O3/c23-17-7-5-16(6-8-17)21(29)27-15-26(22(30)19-3-1-2-4-20(19)27)14-18(28)13-25-11-9-24-10-12-25/h1-8,24H,9-15H2. The number of piperazine rings is 1. The molecule has 0 spiro atoms. The van der Waals surface area contributed by atoms with E-state index < -0.39 is 0 Å². The Morgan fingerprint density at radius 3 is 2.40 bits per heavy atom. The van der Waals surface area contributed by atoms with Crippen molar-refractivity contribution in [2.45, 2.75) is 0 Å². The van der Waals surface area contributed by atoms with Gasteiger partial charge in [-0.2, -0.15) is 0 Å². The van der Waals surface area contributed by atoms with Gasteiger partial charge in [0.25, 0.3) is 11.8 Å². The fourth-order valence-corrected chi connectivity index (χ4v) is 3.92. The largest absolute Gasteiger partial charge is 0.314 e. The Balaban J connectivity index is 1.54. The highest BCUT2D eigenvalue weighted by Gasteiger charge is 2.33. The predicted octanol–water partition coefficient (Wildman–Crippen LogP) is 1.87. The third-order valence-corrected chi connectivity index (χ3v) is 5.59. The summed E-state index contributed by atoms with van der Waals surface area (Å²) in [7, 11) is 0. The lowest BCUT2D eigenvalue weighted by Gasteiger charge is -2.37. The number of benzene rings is 2. The summed E-state index contributed by atoms with van der Waals surface area (Å²) in [4.78, 5) is 43.9. The van der Waals surface area contributed by atoms with Gasteiger partial charge in [0.2, 0.25) is 0 Å². The molecule has 0 radical (unpaired) electrons. The van der Waals surface area contributed by atoms with Gasteiger partial charge in [-0.05, 0) is 36.4 Å². The molecule has 1 fully saturated rings. The molecule has 30 heavy (non-hydrogen) atoms. The summed E-state index contributed by atoms with van der Waals surface area (Å²) in [5.41, 5.74) is 1.44. The number of hydrogen-bond donors (Lipinski definition) is 1. The molecule has 2 amide bonds. The smallest absolute Gasteiger partial charge is 0.259 e. The summed E-state index contributed by atoms with van der Waals surface area (Å²) in [6.07, 6.45) is 0. The SMILES string of the molecule is O=C(CN1CCNCC1)CN1CN(C(=O)c2ccc(Cl)cc2)c2ccccc2C1=O. The number of fused-ring (bicyclic) bond motifs is 1. The van der Waals surface area contributed by atoms with Crippen LogP contribution < -0.4 is 10.2 Å². The second-order valence-electron chi connectivity index (χ2n) is 7.47. The van der Waals surface area contributed by atoms with Crippen molar-refractivity contribution < 1.29 is 14.4 Å². The number of nitrogens with zero attached hydrogens (tertiary/aromatic N) is 3. The Morgan fingerprint density at radius 1 is 0.967 bits per heavy atom. The lowest BCUT2D eigenvalue weighted by Crippen LogP contribution is -2.52. The third kappa shape index (κ3) is 4.38. The molecule has 2 aromatic rings. The molecule has 0 aliphatic carbocycles. The minimum absolute atomic E-state index is 0.0263. The molecule has 0 atom stereocenters. The molecule has 1 saturated heterocycles. The number of Topliss-reactive ketones (excluding diaryl/α,β-unsaturated/α-hetero) is 1. The molecule has 2 aliphatic rings. The molecule has 0 unspecified atom stereocenters. The van der Waals surface area contributed by atoms with Gasteiger partial charge in [-0.15, -0.1) is 0 Å². The number of nitrogens with one attached hydrogen (secondary N) is 1. The lowest BCUT2D eigenvalue weighted by molar-refractivity contribution is -0.121. The minimum atomic E-state index is -0.244. The summed E-state index contributed by atoms with van der Waals surface area (Å²) in [6.45, 7) is 3.64. The van der Waals surface area contributed by atoms with Crippen molar-refractivity contribution in [3.8, 4) is 0 Å². The van der Waals surface area contributed by atoms with Crippen LogP contribution in [0.4, 0.5) is 5.69 Å². The number of anilines is 1. The van der Waals surface area contributed by atoms with Crippen LogP contribution >= 0.6 is 11.6 Å². The third-order valence-electron chi connectivity index (χ3n) is 5.34. The zero-order valence-corrected chi connectivity index (χ0v) is 17.3. The van der Waals surface area contributed by atoms with Gasteiger partial charge < -0.3 is 10.2 Å². The van der Waals surface area contributed by atoms with Crippen molar-refractivity contribution in [3.05, 3.63) is 64.7 Å². The van der Waals surface area contributed by atoms with E-state index in [0.29, 0.717) is 28.4 Å². The van der Waals surface area contributed by atoms with Crippen molar-refractivity contribution in [1.29, 1.82) is 0 Å². The topological polar surface area (TPSA) is 73.0 Å². The molecule has 2 heterocycles. The zero-order valence-electron chi connectivity index (χ0n) is 16.5. The fraction of sp³-hybridized carbons (Fsp3) is 0.318. The van der Waals surface area contributed by atoms with Crippen LogP contribution in [-0.2, 0) is 4.79 Å². The molecule has 1 N–H and O–H groups in total. The molecular weight excluding hydrogens is 404 g/mol. The Kier molecular flexibility index (Phi) is 6.13. The van der Waals surface area contributed by atoms with Crippen LogP contribution in [0.1, 0.15) is 20.7 Å². The summed E-state index contributed by atoms with van der Waals surface area (Å²) < 4.78 is 0. The van der Waals surface area contributed by atoms with E-state index >= 15 is 0 Å². The predicted molar refractivity (Wildman–Crippen MR) is 115 cm³/mol. The first kappa shape index (κ1) is 20.5. The number of para-hydroxylation sites is 1. The van der Waals surface area contributed by atoms with Crippen LogP contribution in [0.5, 0.6) is 0 Å². The second kappa shape index (κ2) is 8.95. The summed E-state index contributed by atoms with van der Waals surface area (Å²) in [6, 6.07) is 13.6. The quantitative estimate of drug-likeness (QED) is 0.790. The molecule has 2 aliphatic heterocycles. The lowest BCUT2D eigenvalue weighted by atomic mass is 10.1. The van der Waals surface area contributed by atoms with Crippen LogP contribution in [0.2, 0.25) is 5.02 Å². The van der Waals surface area contributed by atoms with Crippen molar-refractivity contribution in [2.75, 3.05) is 50.8 Å². The monoisotopic (exact) mass is 426 g/mol. The van der Waals surface area contributed by atoms with E-state index in [2.05, 4.69) is 10.2 Å². The number of carbonyl (C=O) groups is 3. The van der Waals surface area contributed by atoms with Gasteiger partial charge in [-0.1, -0.05) is 23.7 Å². The van der Waals surface area contributed by atoms with Gasteiger partial charge in [0.05, 0.1) is 24.3 Å². The normalized spacial score (nSPS) is 17.0. The molecular formula is C22H23ClN4O3. The van der Waals surface area contributed by atoms with E-state index in [1.807, 2.05) is 0 Å². The Morgan fingerprint density at radius 2 is 1.67 bits per heavy atom. The average molecular weight is 427 g/mol. The van der Waals surface area contributed by atoms with Crippen molar-refractivity contribution in [1.82, 2.24) is 15.1 Å². The van der Waals surface area contributed by atoms with E-state index in [1.165, 1.54) is 9.80 Å². The first-order valence-corrected chi connectivity index (χ1v) is 10.3. The number of amides is 2.